The number of aliphatic hydroxyl groups excluding tert-OH is 1. The largest absolute Gasteiger partial charge is 0.494 e. The van der Waals surface area contributed by atoms with E-state index in [1.54, 1.807) is 42.5 Å². The minimum absolute atomic E-state index is 0.0465. The summed E-state index contributed by atoms with van der Waals surface area (Å²) in [5.41, 5.74) is 14.6. The third-order valence-electron chi connectivity index (χ3n) is 7.15. The Bertz CT molecular complexity index is 1620. The number of benzene rings is 4. The summed E-state index contributed by atoms with van der Waals surface area (Å²) in [4.78, 5) is 26.9. The van der Waals surface area contributed by atoms with Crippen molar-refractivity contribution in [3.63, 3.8) is 0 Å². The van der Waals surface area contributed by atoms with E-state index in [1.165, 1.54) is 7.11 Å². The van der Waals surface area contributed by atoms with Gasteiger partial charge in [0.05, 0.1) is 13.7 Å². The Morgan fingerprint density at radius 1 is 0.977 bits per heavy atom. The third kappa shape index (κ3) is 6.52. The highest BCUT2D eigenvalue weighted by Gasteiger charge is 2.53. The summed E-state index contributed by atoms with van der Waals surface area (Å²) in [6.07, 6.45) is -0.257. The Morgan fingerprint density at radius 3 is 2.35 bits per heavy atom. The molecule has 0 aliphatic carbocycles. The number of azide groups is 1. The zero-order chi connectivity index (χ0) is 30.1. The quantitative estimate of drug-likeness (QED) is 0.0675. The number of hydrogen-bond donors (Lipinski definition) is 2. The Labute approximate surface area is 249 Å². The van der Waals surface area contributed by atoms with Crippen LogP contribution in [0.25, 0.3) is 21.6 Å². The Balaban J connectivity index is 1.59. The van der Waals surface area contributed by atoms with Crippen LogP contribution in [0.4, 0.5) is 5.69 Å². The van der Waals surface area contributed by atoms with Crippen molar-refractivity contribution in [3.05, 3.63) is 130 Å². The van der Waals surface area contributed by atoms with Gasteiger partial charge in [-0.25, -0.2) is 10.5 Å². The Morgan fingerprint density at radius 2 is 1.65 bits per heavy atom. The molecule has 5 rings (SSSR count). The molecule has 1 aliphatic rings. The maximum Gasteiger partial charge on any atom is 0.276 e. The topological polar surface area (TPSA) is 138 Å². The molecule has 1 aliphatic heterocycles. The average Bonchev–Trinajstić information content (AvgIpc) is 3.44. The van der Waals surface area contributed by atoms with Crippen LogP contribution in [-0.4, -0.2) is 42.8 Å². The van der Waals surface area contributed by atoms with E-state index in [0.29, 0.717) is 35.6 Å². The lowest BCUT2D eigenvalue weighted by molar-refractivity contribution is -0.139. The molecule has 0 saturated carbocycles. The van der Waals surface area contributed by atoms with Crippen molar-refractivity contribution in [2.24, 2.45) is 10.1 Å². The Hall–Kier alpha value is -5.15. The number of nitrogens with one attached hydrogen (secondary N) is 1. The fraction of sp³-hybridized carbons (Fsp3) is 0.212. The van der Waals surface area contributed by atoms with Crippen LogP contribution >= 0.6 is 0 Å². The summed E-state index contributed by atoms with van der Waals surface area (Å²) in [7, 11) is 1.36. The molecule has 0 bridgehead atoms. The lowest BCUT2D eigenvalue weighted by Gasteiger charge is -2.30. The van der Waals surface area contributed by atoms with Crippen molar-refractivity contribution in [2.45, 2.75) is 24.5 Å². The molecule has 10 heteroatoms. The van der Waals surface area contributed by atoms with E-state index in [0.717, 1.165) is 16.7 Å². The van der Waals surface area contributed by atoms with Gasteiger partial charge in [-0.3, -0.25) is 9.63 Å². The van der Waals surface area contributed by atoms with Crippen LogP contribution in [0.3, 0.4) is 0 Å². The number of rotatable bonds is 12. The smallest absolute Gasteiger partial charge is 0.276 e. The minimum Gasteiger partial charge on any atom is -0.494 e. The first-order valence-corrected chi connectivity index (χ1v) is 13.8. The van der Waals surface area contributed by atoms with Crippen molar-refractivity contribution in [1.82, 2.24) is 5.48 Å². The molecular weight excluding hydrogens is 546 g/mol. The summed E-state index contributed by atoms with van der Waals surface area (Å²) in [5, 5.41) is 12.9. The summed E-state index contributed by atoms with van der Waals surface area (Å²) in [6.45, 7) is 0.435. The van der Waals surface area contributed by atoms with Gasteiger partial charge in [0.15, 0.2) is 11.6 Å². The molecule has 4 aromatic carbocycles. The number of carbonyl (C=O) groups excluding carboxylic acids is 1. The van der Waals surface area contributed by atoms with Gasteiger partial charge in [-0.05, 0) is 52.1 Å². The van der Waals surface area contributed by atoms with Gasteiger partial charge in [-0.15, -0.1) is 0 Å². The van der Waals surface area contributed by atoms with E-state index in [9.17, 15) is 10.3 Å². The van der Waals surface area contributed by atoms with Gasteiger partial charge in [-0.1, -0.05) is 84.0 Å². The summed E-state index contributed by atoms with van der Waals surface area (Å²) in [5.74, 6) is 0.393. The predicted molar refractivity (Wildman–Crippen MR) is 163 cm³/mol. The standard InChI is InChI=1S/C33H31N5O5/c1-41-37-32(40)33(22-27-10-5-6-11-29(27)36-38-34)30(25-14-12-24(13-15-25)23-8-3-2-4-9-23)43-31(35-33)26-16-18-28(19-17-26)42-21-7-20-39/h2-6,8-19,30,39H,7,20-22H2,1H3,(H,37,40)/t30-,33-/m0/s1. The third-order valence-corrected chi connectivity index (χ3v) is 7.15. The summed E-state index contributed by atoms with van der Waals surface area (Å²) < 4.78 is 12.2. The molecule has 0 spiro atoms. The average molecular weight is 578 g/mol. The highest BCUT2D eigenvalue weighted by Crippen LogP contribution is 2.44. The minimum atomic E-state index is -1.52. The first-order chi connectivity index (χ1) is 21.1. The number of amides is 1. The number of hydroxylamine groups is 1. The van der Waals surface area contributed by atoms with Crippen molar-refractivity contribution >= 4 is 17.5 Å². The van der Waals surface area contributed by atoms with Gasteiger partial charge in [0, 0.05) is 35.6 Å². The molecule has 1 heterocycles. The maximum atomic E-state index is 13.9. The van der Waals surface area contributed by atoms with E-state index in [4.69, 9.17) is 24.4 Å². The molecule has 0 fully saturated rings. The number of ether oxygens (including phenoxy) is 2. The van der Waals surface area contributed by atoms with Gasteiger partial charge in [0.25, 0.3) is 5.91 Å². The second kappa shape index (κ2) is 13.7. The Kier molecular flexibility index (Phi) is 9.33. The normalized spacial score (nSPS) is 17.3. The van der Waals surface area contributed by atoms with E-state index < -0.39 is 17.6 Å². The molecule has 1 amide bonds. The number of hydrogen-bond acceptors (Lipinski definition) is 7. The number of carbonyl (C=O) groups is 1. The van der Waals surface area contributed by atoms with Gasteiger partial charge in [0.2, 0.25) is 5.90 Å². The number of nitrogens with zero attached hydrogens (tertiary/aromatic N) is 4. The lowest BCUT2D eigenvalue weighted by Crippen LogP contribution is -2.49. The molecule has 0 aromatic heterocycles. The van der Waals surface area contributed by atoms with Crippen molar-refractivity contribution < 1.29 is 24.2 Å². The molecule has 10 nitrogen and oxygen atoms in total. The second-order valence-electron chi connectivity index (χ2n) is 9.91. The molecule has 4 aromatic rings. The van der Waals surface area contributed by atoms with Crippen LogP contribution in [-0.2, 0) is 20.8 Å². The number of aliphatic imine (C=N–C) groups is 1. The van der Waals surface area contributed by atoms with Crippen LogP contribution in [0.2, 0.25) is 0 Å². The molecule has 0 unspecified atom stereocenters. The molecule has 2 N–H and O–H groups in total. The highest BCUT2D eigenvalue weighted by molar-refractivity contribution is 6.01. The molecule has 218 valence electrons. The summed E-state index contributed by atoms with van der Waals surface area (Å²) in [6, 6.07) is 32.1. The first kappa shape index (κ1) is 29.3. The maximum absolute atomic E-state index is 13.9. The van der Waals surface area contributed by atoms with Crippen LogP contribution in [0.1, 0.15) is 29.2 Å². The monoisotopic (exact) mass is 577 g/mol. The van der Waals surface area contributed by atoms with Gasteiger partial charge < -0.3 is 14.6 Å². The van der Waals surface area contributed by atoms with Gasteiger partial charge >= 0.3 is 0 Å². The zero-order valence-electron chi connectivity index (χ0n) is 23.6. The zero-order valence-corrected chi connectivity index (χ0v) is 23.6. The molecule has 0 radical (unpaired) electrons. The fourth-order valence-corrected chi connectivity index (χ4v) is 5.04. The van der Waals surface area contributed by atoms with Crippen molar-refractivity contribution in [3.8, 4) is 16.9 Å². The van der Waals surface area contributed by atoms with E-state index in [1.807, 2.05) is 60.7 Å². The highest BCUT2D eigenvalue weighted by atomic mass is 16.6. The number of aliphatic hydroxyl groups is 1. The van der Waals surface area contributed by atoms with Crippen LogP contribution in [0, 0.1) is 0 Å². The molecular formula is C33H31N5O5. The summed E-state index contributed by atoms with van der Waals surface area (Å²) >= 11 is 0. The van der Waals surface area contributed by atoms with Gasteiger partial charge in [0.1, 0.15) is 5.75 Å². The first-order valence-electron chi connectivity index (χ1n) is 13.8. The van der Waals surface area contributed by atoms with Crippen molar-refractivity contribution in [2.75, 3.05) is 20.3 Å². The predicted octanol–water partition coefficient (Wildman–Crippen LogP) is 6.23. The van der Waals surface area contributed by atoms with E-state index in [-0.39, 0.29) is 18.9 Å². The SMILES string of the molecule is CONC(=O)[C@@]1(Cc2ccccc2N=[N+]=[N-])N=C(c2ccc(OCCCO)cc2)O[C@H]1c1ccc(-c2ccccc2)cc1. The molecule has 0 saturated heterocycles. The molecule has 43 heavy (non-hydrogen) atoms. The van der Waals surface area contributed by atoms with E-state index in [2.05, 4.69) is 15.5 Å². The van der Waals surface area contributed by atoms with Crippen LogP contribution in [0.5, 0.6) is 5.75 Å². The van der Waals surface area contributed by atoms with E-state index >= 15 is 0 Å². The second-order valence-corrected chi connectivity index (χ2v) is 9.91. The molecule has 2 atom stereocenters. The van der Waals surface area contributed by atoms with Gasteiger partial charge in [-0.2, -0.15) is 0 Å². The van der Waals surface area contributed by atoms with Crippen molar-refractivity contribution in [1.29, 1.82) is 0 Å². The van der Waals surface area contributed by atoms with Crippen LogP contribution < -0.4 is 10.2 Å². The fourth-order valence-electron chi connectivity index (χ4n) is 5.04. The van der Waals surface area contributed by atoms with Crippen LogP contribution in [0.15, 0.2) is 113 Å². The lowest BCUT2D eigenvalue weighted by atomic mass is 9.81.